The normalized spacial score (nSPS) is 12.9. The maximum absolute atomic E-state index is 12.3. The van der Waals surface area contributed by atoms with Crippen LogP contribution in [0.1, 0.15) is 37.4 Å². The summed E-state index contributed by atoms with van der Waals surface area (Å²) in [4.78, 5) is 25.2. The molecule has 2 N–H and O–H groups in total. The van der Waals surface area contributed by atoms with Crippen molar-refractivity contribution in [1.29, 1.82) is 0 Å². The van der Waals surface area contributed by atoms with Crippen LogP contribution in [0.25, 0.3) is 10.4 Å². The van der Waals surface area contributed by atoms with E-state index in [9.17, 15) is 14.7 Å². The Kier molecular flexibility index (Phi) is 5.56. The smallest absolute Gasteiger partial charge is 0.348 e. The Labute approximate surface area is 180 Å². The second-order valence-corrected chi connectivity index (χ2v) is 8.51. The van der Waals surface area contributed by atoms with Crippen LogP contribution in [-0.2, 0) is 11.2 Å². The standard InChI is InChI=1S/C21H18N2O5S2/c1-11(22-23-20(25)16-5-6-17(30-16)21(26)27-2)14-10-29-19(18(14)24)13-3-4-15-12(9-13)7-8-28-15/h3-6,9-10,24H,7-8H2,1-2H3,(H,23,25)/b22-11+. The molecule has 0 fully saturated rings. The van der Waals surface area contributed by atoms with Crippen LogP contribution in [0.2, 0.25) is 0 Å². The van der Waals surface area contributed by atoms with Crippen molar-refractivity contribution in [2.75, 3.05) is 13.7 Å². The van der Waals surface area contributed by atoms with Crippen LogP contribution in [0.5, 0.6) is 11.5 Å². The quantitative estimate of drug-likeness (QED) is 0.353. The summed E-state index contributed by atoms with van der Waals surface area (Å²) in [5.41, 5.74) is 5.52. The van der Waals surface area contributed by atoms with Crippen LogP contribution in [0, 0.1) is 0 Å². The van der Waals surface area contributed by atoms with Crippen molar-refractivity contribution < 1.29 is 24.2 Å². The molecule has 0 saturated heterocycles. The van der Waals surface area contributed by atoms with Gasteiger partial charge in [-0.2, -0.15) is 5.10 Å². The molecule has 154 valence electrons. The molecule has 4 rings (SSSR count). The highest BCUT2D eigenvalue weighted by Gasteiger charge is 2.19. The molecule has 9 heteroatoms. The molecule has 7 nitrogen and oxygen atoms in total. The van der Waals surface area contributed by atoms with E-state index < -0.39 is 11.9 Å². The number of ether oxygens (including phenoxy) is 2. The molecule has 1 aliphatic rings. The van der Waals surface area contributed by atoms with Crippen LogP contribution in [-0.4, -0.2) is 36.4 Å². The minimum absolute atomic E-state index is 0.124. The molecule has 0 saturated carbocycles. The average Bonchev–Trinajstić information content (AvgIpc) is 3.49. The highest BCUT2D eigenvalue weighted by atomic mass is 32.1. The van der Waals surface area contributed by atoms with Gasteiger partial charge in [-0.05, 0) is 48.4 Å². The van der Waals surface area contributed by atoms with Gasteiger partial charge in [-0.15, -0.1) is 22.7 Å². The summed E-state index contributed by atoms with van der Waals surface area (Å²) < 4.78 is 10.2. The number of carbonyl (C=O) groups is 2. The summed E-state index contributed by atoms with van der Waals surface area (Å²) in [6.07, 6.45) is 0.856. The fraction of sp³-hybridized carbons (Fsp3) is 0.190. The van der Waals surface area contributed by atoms with E-state index in [0.29, 0.717) is 27.6 Å². The summed E-state index contributed by atoms with van der Waals surface area (Å²) in [6, 6.07) is 8.93. The zero-order valence-electron chi connectivity index (χ0n) is 16.2. The van der Waals surface area contributed by atoms with Crippen LogP contribution in [0.4, 0.5) is 0 Å². The molecule has 0 aliphatic carbocycles. The number of thiophene rings is 2. The Morgan fingerprint density at radius 3 is 2.83 bits per heavy atom. The molecule has 1 aliphatic heterocycles. The monoisotopic (exact) mass is 442 g/mol. The maximum atomic E-state index is 12.3. The Bertz CT molecular complexity index is 1160. The van der Waals surface area contributed by atoms with E-state index >= 15 is 0 Å². The third-order valence-electron chi connectivity index (χ3n) is 4.65. The largest absolute Gasteiger partial charge is 0.506 e. The Balaban J connectivity index is 1.50. The molecule has 1 amide bonds. The minimum Gasteiger partial charge on any atom is -0.506 e. The van der Waals surface area contributed by atoms with Gasteiger partial charge >= 0.3 is 5.97 Å². The van der Waals surface area contributed by atoms with Gasteiger partial charge in [0.2, 0.25) is 0 Å². The Hall–Kier alpha value is -3.17. The van der Waals surface area contributed by atoms with E-state index in [0.717, 1.165) is 39.5 Å². The number of hydrogen-bond donors (Lipinski definition) is 2. The van der Waals surface area contributed by atoms with Gasteiger partial charge in [-0.3, -0.25) is 4.79 Å². The zero-order chi connectivity index (χ0) is 21.3. The molecule has 0 bridgehead atoms. The molecule has 0 spiro atoms. The molecule has 3 aromatic rings. The number of esters is 1. The summed E-state index contributed by atoms with van der Waals surface area (Å²) in [7, 11) is 1.29. The number of nitrogens with one attached hydrogen (secondary N) is 1. The summed E-state index contributed by atoms with van der Waals surface area (Å²) in [5.74, 6) is 0.0773. The first-order chi connectivity index (χ1) is 14.5. The molecule has 3 heterocycles. The van der Waals surface area contributed by atoms with Gasteiger partial charge < -0.3 is 14.6 Å². The van der Waals surface area contributed by atoms with Gasteiger partial charge in [0, 0.05) is 11.8 Å². The first-order valence-electron chi connectivity index (χ1n) is 9.07. The molecule has 2 aromatic heterocycles. The third-order valence-corrected chi connectivity index (χ3v) is 6.73. The fourth-order valence-corrected chi connectivity index (χ4v) is 4.88. The third kappa shape index (κ3) is 3.81. The summed E-state index contributed by atoms with van der Waals surface area (Å²) in [5, 5.41) is 16.6. The lowest BCUT2D eigenvalue weighted by Crippen LogP contribution is -2.18. The number of hydrazone groups is 1. The maximum Gasteiger partial charge on any atom is 0.348 e. The lowest BCUT2D eigenvalue weighted by Gasteiger charge is -2.04. The molecule has 0 unspecified atom stereocenters. The van der Waals surface area contributed by atoms with E-state index in [1.807, 2.05) is 18.2 Å². The molecular weight excluding hydrogens is 424 g/mol. The number of aromatic hydroxyl groups is 1. The lowest BCUT2D eigenvalue weighted by atomic mass is 10.1. The predicted molar refractivity (Wildman–Crippen MR) is 116 cm³/mol. The van der Waals surface area contributed by atoms with Crippen LogP contribution < -0.4 is 10.2 Å². The molecular formula is C21H18N2O5S2. The lowest BCUT2D eigenvalue weighted by molar-refractivity contribution is 0.0606. The Morgan fingerprint density at radius 1 is 1.23 bits per heavy atom. The van der Waals surface area contributed by atoms with Gasteiger partial charge in [-0.1, -0.05) is 0 Å². The predicted octanol–water partition coefficient (Wildman–Crippen LogP) is 4.06. The number of amides is 1. The van der Waals surface area contributed by atoms with Crippen molar-refractivity contribution in [3.8, 4) is 21.9 Å². The number of carbonyl (C=O) groups excluding carboxylic acids is 2. The van der Waals surface area contributed by atoms with E-state index in [1.54, 1.807) is 12.3 Å². The van der Waals surface area contributed by atoms with Crippen LogP contribution in [0.3, 0.4) is 0 Å². The van der Waals surface area contributed by atoms with Gasteiger partial charge in [0.15, 0.2) is 0 Å². The Morgan fingerprint density at radius 2 is 2.03 bits per heavy atom. The first-order valence-corrected chi connectivity index (χ1v) is 10.8. The number of nitrogens with zero attached hydrogens (tertiary/aromatic N) is 1. The second-order valence-electron chi connectivity index (χ2n) is 6.54. The van der Waals surface area contributed by atoms with Crippen molar-refractivity contribution in [1.82, 2.24) is 5.43 Å². The number of fused-ring (bicyclic) bond motifs is 1. The fourth-order valence-electron chi connectivity index (χ4n) is 3.06. The van der Waals surface area contributed by atoms with Gasteiger partial charge in [-0.25, -0.2) is 10.2 Å². The summed E-state index contributed by atoms with van der Waals surface area (Å²) >= 11 is 2.43. The van der Waals surface area contributed by atoms with Crippen molar-refractivity contribution >= 4 is 40.3 Å². The van der Waals surface area contributed by atoms with Crippen molar-refractivity contribution in [3.05, 3.63) is 56.6 Å². The molecule has 1 aromatic carbocycles. The second kappa shape index (κ2) is 8.29. The highest BCUT2D eigenvalue weighted by Crippen LogP contribution is 2.40. The number of hydrogen-bond acceptors (Lipinski definition) is 8. The molecule has 0 atom stereocenters. The number of benzene rings is 1. The topological polar surface area (TPSA) is 97.2 Å². The van der Waals surface area contributed by atoms with Crippen LogP contribution >= 0.6 is 22.7 Å². The summed E-state index contributed by atoms with van der Waals surface area (Å²) in [6.45, 7) is 2.38. The van der Waals surface area contributed by atoms with E-state index in [2.05, 4.69) is 15.3 Å². The molecule has 30 heavy (non-hydrogen) atoms. The van der Waals surface area contributed by atoms with Crippen LogP contribution in [0.15, 0.2) is 40.8 Å². The van der Waals surface area contributed by atoms with Gasteiger partial charge in [0.1, 0.15) is 16.4 Å². The SMILES string of the molecule is COC(=O)c1ccc(C(=O)N/N=C(\C)c2csc(-c3ccc4c(c3)CCO4)c2O)s1. The van der Waals surface area contributed by atoms with E-state index in [4.69, 9.17) is 4.74 Å². The van der Waals surface area contributed by atoms with E-state index in [-0.39, 0.29) is 5.75 Å². The first kappa shape index (κ1) is 20.1. The average molecular weight is 443 g/mol. The minimum atomic E-state index is -0.493. The zero-order valence-corrected chi connectivity index (χ0v) is 17.9. The van der Waals surface area contributed by atoms with Crippen molar-refractivity contribution in [2.24, 2.45) is 5.10 Å². The number of rotatable bonds is 5. The van der Waals surface area contributed by atoms with Gasteiger partial charge in [0.25, 0.3) is 5.91 Å². The van der Waals surface area contributed by atoms with Crippen molar-refractivity contribution in [3.63, 3.8) is 0 Å². The van der Waals surface area contributed by atoms with E-state index in [1.165, 1.54) is 30.6 Å². The highest BCUT2D eigenvalue weighted by molar-refractivity contribution is 7.16. The molecule has 0 radical (unpaired) electrons. The number of methoxy groups -OCH3 is 1. The van der Waals surface area contributed by atoms with Crippen molar-refractivity contribution in [2.45, 2.75) is 13.3 Å². The van der Waals surface area contributed by atoms with Gasteiger partial charge in [0.05, 0.1) is 34.7 Å².